The van der Waals surface area contributed by atoms with Gasteiger partial charge in [0, 0.05) is 29.1 Å². The molecule has 1 aliphatic rings. The molecule has 142 valence electrons. The number of anilines is 4. The largest absolute Gasteiger partial charge is 0.369 e. The van der Waals surface area contributed by atoms with Crippen LogP contribution in [0.5, 0.6) is 0 Å². The van der Waals surface area contributed by atoms with E-state index in [0.717, 1.165) is 38.4 Å². The highest BCUT2D eigenvalue weighted by atomic mass is 79.9. The Hall–Kier alpha value is -2.64. The van der Waals surface area contributed by atoms with E-state index in [9.17, 15) is 4.79 Å². The van der Waals surface area contributed by atoms with Gasteiger partial charge >= 0.3 is 0 Å². The molecule has 0 saturated carbocycles. The predicted molar refractivity (Wildman–Crippen MR) is 115 cm³/mol. The summed E-state index contributed by atoms with van der Waals surface area (Å²) in [4.78, 5) is 20.3. The summed E-state index contributed by atoms with van der Waals surface area (Å²) in [6, 6.07) is 13.5. The first kappa shape index (κ1) is 18.7. The highest BCUT2D eigenvalue weighted by molar-refractivity contribution is 9.10. The van der Waals surface area contributed by atoms with E-state index in [-0.39, 0.29) is 5.91 Å². The number of rotatable bonds is 6. The summed E-state index contributed by atoms with van der Waals surface area (Å²) in [6.07, 6.45) is 2.87. The summed E-state index contributed by atoms with van der Waals surface area (Å²) in [7, 11) is 0. The fraction of sp³-hybridized carbons (Fsp3) is 0.150. The maximum atomic E-state index is 11.5. The quantitative estimate of drug-likeness (QED) is 0.495. The number of hydrogen-bond donors (Lipinski definition) is 3. The van der Waals surface area contributed by atoms with Gasteiger partial charge in [-0.2, -0.15) is 4.98 Å². The van der Waals surface area contributed by atoms with Crippen LogP contribution in [0.2, 0.25) is 5.02 Å². The van der Waals surface area contributed by atoms with Gasteiger partial charge in [-0.05, 0) is 57.7 Å². The number of amides is 1. The van der Waals surface area contributed by atoms with E-state index >= 15 is 0 Å². The van der Waals surface area contributed by atoms with Gasteiger partial charge in [0.25, 0.3) is 0 Å². The smallest absolute Gasteiger partial charge is 0.229 e. The van der Waals surface area contributed by atoms with Crippen molar-refractivity contribution < 1.29 is 4.79 Å². The third kappa shape index (κ3) is 4.26. The lowest BCUT2D eigenvalue weighted by atomic mass is 10.1. The molecule has 3 N–H and O–H groups in total. The van der Waals surface area contributed by atoms with Crippen molar-refractivity contribution in [2.45, 2.75) is 12.8 Å². The molecule has 0 fully saturated rings. The van der Waals surface area contributed by atoms with Gasteiger partial charge < -0.3 is 16.0 Å². The van der Waals surface area contributed by atoms with Crippen molar-refractivity contribution in [2.24, 2.45) is 0 Å². The number of aromatic nitrogens is 2. The molecule has 3 aromatic rings. The first-order chi connectivity index (χ1) is 13.6. The van der Waals surface area contributed by atoms with Gasteiger partial charge in [0.15, 0.2) is 0 Å². The Morgan fingerprint density at radius 1 is 1.21 bits per heavy atom. The summed E-state index contributed by atoms with van der Waals surface area (Å²) >= 11 is 9.68. The van der Waals surface area contributed by atoms with Gasteiger partial charge in [0.05, 0.1) is 10.9 Å². The summed E-state index contributed by atoms with van der Waals surface area (Å²) < 4.78 is 0.779. The molecule has 4 rings (SSSR count). The Bertz CT molecular complexity index is 1040. The molecule has 2 aromatic carbocycles. The van der Waals surface area contributed by atoms with E-state index in [1.165, 1.54) is 0 Å². The van der Waals surface area contributed by atoms with Crippen molar-refractivity contribution in [3.05, 3.63) is 69.3 Å². The zero-order chi connectivity index (χ0) is 19.5. The van der Waals surface area contributed by atoms with Crippen molar-refractivity contribution >= 4 is 56.6 Å². The summed E-state index contributed by atoms with van der Waals surface area (Å²) in [6.45, 7) is 0.686. The van der Waals surface area contributed by atoms with Gasteiger partial charge in [0.1, 0.15) is 5.82 Å². The summed E-state index contributed by atoms with van der Waals surface area (Å²) in [5.74, 6) is 1.18. The molecule has 8 heteroatoms. The molecule has 0 spiro atoms. The van der Waals surface area contributed by atoms with Crippen molar-refractivity contribution in [1.82, 2.24) is 9.97 Å². The topological polar surface area (TPSA) is 78.9 Å². The van der Waals surface area contributed by atoms with Gasteiger partial charge in [-0.25, -0.2) is 4.98 Å². The molecule has 0 atom stereocenters. The average Bonchev–Trinajstić information content (AvgIpc) is 3.05. The Kier molecular flexibility index (Phi) is 5.45. The second-order valence-corrected chi connectivity index (χ2v) is 7.64. The monoisotopic (exact) mass is 457 g/mol. The second kappa shape index (κ2) is 8.16. The van der Waals surface area contributed by atoms with Crippen LogP contribution < -0.4 is 16.0 Å². The molecule has 0 radical (unpaired) electrons. The Morgan fingerprint density at radius 2 is 2.07 bits per heavy atom. The first-order valence-electron chi connectivity index (χ1n) is 8.78. The number of nitrogens with one attached hydrogen (secondary N) is 3. The van der Waals surface area contributed by atoms with Crippen LogP contribution >= 0.6 is 27.5 Å². The number of hydrogen-bond acceptors (Lipinski definition) is 5. The maximum absolute atomic E-state index is 11.5. The molecule has 0 aliphatic carbocycles. The molecular weight excluding hydrogens is 442 g/mol. The fourth-order valence-corrected chi connectivity index (χ4v) is 3.57. The third-order valence-electron chi connectivity index (χ3n) is 4.38. The molecule has 1 aliphatic heterocycles. The van der Waals surface area contributed by atoms with Crippen LogP contribution in [-0.4, -0.2) is 22.4 Å². The average molecular weight is 459 g/mol. The number of nitrogens with zero attached hydrogens (tertiary/aromatic N) is 2. The molecule has 0 unspecified atom stereocenters. The number of halogens is 2. The van der Waals surface area contributed by atoms with Crippen molar-refractivity contribution in [3.63, 3.8) is 0 Å². The Labute approximate surface area is 175 Å². The predicted octanol–water partition coefficient (Wildman–Crippen LogP) is 4.79. The maximum Gasteiger partial charge on any atom is 0.229 e. The minimum Gasteiger partial charge on any atom is -0.369 e. The van der Waals surface area contributed by atoms with Crippen LogP contribution in [0.3, 0.4) is 0 Å². The summed E-state index contributed by atoms with van der Waals surface area (Å²) in [5, 5.41) is 10.1. The van der Waals surface area contributed by atoms with Crippen molar-refractivity contribution in [1.29, 1.82) is 0 Å². The minimum absolute atomic E-state index is 0.0112. The number of benzene rings is 2. The summed E-state index contributed by atoms with van der Waals surface area (Å²) in [5.41, 5.74) is 3.74. The van der Waals surface area contributed by atoms with E-state index in [2.05, 4.69) is 41.8 Å². The Morgan fingerprint density at radius 3 is 2.93 bits per heavy atom. The fourth-order valence-electron chi connectivity index (χ4n) is 3.00. The SMILES string of the molecule is O=C1Cc2cc(Nc3ncc(Br)c(NCCc4ccccc4Cl)n3)ccc2N1. The lowest BCUT2D eigenvalue weighted by Crippen LogP contribution is -2.09. The van der Waals surface area contributed by atoms with Gasteiger partial charge in [-0.1, -0.05) is 29.8 Å². The minimum atomic E-state index is 0.0112. The zero-order valence-electron chi connectivity index (χ0n) is 14.8. The standard InChI is InChI=1S/C20H17BrClN5O/c21-15-11-24-20(25-14-5-6-17-13(9-14)10-18(28)26-17)27-19(15)23-8-7-12-3-1-2-4-16(12)22/h1-6,9,11H,7-8,10H2,(H,26,28)(H2,23,24,25,27). The van der Waals surface area contributed by atoms with E-state index in [4.69, 9.17) is 11.6 Å². The van der Waals surface area contributed by atoms with Crippen LogP contribution in [-0.2, 0) is 17.6 Å². The molecule has 28 heavy (non-hydrogen) atoms. The molecule has 6 nitrogen and oxygen atoms in total. The molecule has 0 bridgehead atoms. The van der Waals surface area contributed by atoms with Gasteiger partial charge in [-0.3, -0.25) is 4.79 Å². The lowest BCUT2D eigenvalue weighted by Gasteiger charge is -2.11. The molecule has 0 saturated heterocycles. The van der Waals surface area contributed by atoms with Crippen molar-refractivity contribution in [2.75, 3.05) is 22.5 Å². The van der Waals surface area contributed by atoms with E-state index in [1.807, 2.05) is 42.5 Å². The van der Waals surface area contributed by atoms with E-state index in [0.29, 0.717) is 24.7 Å². The van der Waals surface area contributed by atoms with Crippen molar-refractivity contribution in [3.8, 4) is 0 Å². The first-order valence-corrected chi connectivity index (χ1v) is 9.95. The second-order valence-electron chi connectivity index (χ2n) is 6.38. The highest BCUT2D eigenvalue weighted by Gasteiger charge is 2.17. The molecular formula is C20H17BrClN5O. The van der Waals surface area contributed by atoms with Gasteiger partial charge in [-0.15, -0.1) is 0 Å². The third-order valence-corrected chi connectivity index (χ3v) is 5.32. The molecule has 2 heterocycles. The van der Waals surface area contributed by atoms with Gasteiger partial charge in [0.2, 0.25) is 11.9 Å². The highest BCUT2D eigenvalue weighted by Crippen LogP contribution is 2.28. The van der Waals surface area contributed by atoms with Crippen LogP contribution in [0.4, 0.5) is 23.1 Å². The van der Waals surface area contributed by atoms with Crippen LogP contribution in [0.1, 0.15) is 11.1 Å². The number of carbonyl (C=O) groups excluding carboxylic acids is 1. The normalized spacial score (nSPS) is 12.4. The van der Waals surface area contributed by atoms with Crippen LogP contribution in [0.15, 0.2) is 53.1 Å². The number of fused-ring (bicyclic) bond motifs is 1. The van der Waals surface area contributed by atoms with E-state index < -0.39 is 0 Å². The lowest BCUT2D eigenvalue weighted by molar-refractivity contribution is -0.115. The van der Waals surface area contributed by atoms with E-state index in [1.54, 1.807) is 6.20 Å². The van der Waals surface area contributed by atoms with Crippen LogP contribution in [0.25, 0.3) is 0 Å². The molecule has 1 aromatic heterocycles. The van der Waals surface area contributed by atoms with Crippen LogP contribution in [0, 0.1) is 0 Å². The zero-order valence-corrected chi connectivity index (χ0v) is 17.1. The Balaban J connectivity index is 1.43. The molecule has 1 amide bonds. The number of carbonyl (C=O) groups is 1.